The molecular formula is C22H27F3N2O4. The van der Waals surface area contributed by atoms with E-state index in [4.69, 9.17) is 4.74 Å². The number of imide groups is 1. The van der Waals surface area contributed by atoms with Gasteiger partial charge >= 0.3 is 6.18 Å². The highest BCUT2D eigenvalue weighted by Gasteiger charge is 2.54. The van der Waals surface area contributed by atoms with Gasteiger partial charge < -0.3 is 9.64 Å². The standard InChI is InChI=1S/C22H27F3N2O4/c1-3-26(14-17-9-6-10-31-17)18(28)12-21(13-19(29)27(4-2)20(21)30)15-7-5-8-16(11-15)22(23,24)25/h5,7-8,11,17H,3-4,6,9-10,12-14H2,1-2H3/t17-,21+/m0/s1. The van der Waals surface area contributed by atoms with Crippen LogP contribution in [0.3, 0.4) is 0 Å². The normalized spacial score (nSPS) is 24.2. The molecule has 2 saturated heterocycles. The number of carbonyl (C=O) groups is 3. The smallest absolute Gasteiger partial charge is 0.376 e. The highest BCUT2D eigenvalue weighted by molar-refractivity contribution is 6.10. The van der Waals surface area contributed by atoms with Crippen molar-refractivity contribution in [3.8, 4) is 0 Å². The fraction of sp³-hybridized carbons (Fsp3) is 0.591. The van der Waals surface area contributed by atoms with Crippen LogP contribution in [0, 0.1) is 0 Å². The largest absolute Gasteiger partial charge is 0.416 e. The molecule has 0 aromatic heterocycles. The number of amides is 3. The van der Waals surface area contributed by atoms with Crippen LogP contribution < -0.4 is 0 Å². The lowest BCUT2D eigenvalue weighted by atomic mass is 9.75. The Morgan fingerprint density at radius 3 is 2.58 bits per heavy atom. The lowest BCUT2D eigenvalue weighted by molar-refractivity contribution is -0.143. The maximum Gasteiger partial charge on any atom is 0.416 e. The van der Waals surface area contributed by atoms with Crippen molar-refractivity contribution in [1.82, 2.24) is 9.80 Å². The Balaban J connectivity index is 1.97. The molecule has 0 radical (unpaired) electrons. The van der Waals surface area contributed by atoms with Gasteiger partial charge in [0.15, 0.2) is 0 Å². The van der Waals surface area contributed by atoms with E-state index in [0.29, 0.717) is 19.7 Å². The van der Waals surface area contributed by atoms with E-state index in [9.17, 15) is 27.6 Å². The van der Waals surface area contributed by atoms with Crippen LogP contribution in [0.1, 0.15) is 50.7 Å². The molecule has 0 unspecified atom stereocenters. The summed E-state index contributed by atoms with van der Waals surface area (Å²) in [6.07, 6.45) is -3.67. The molecule has 2 aliphatic heterocycles. The number of halogens is 3. The maximum atomic E-state index is 13.3. The molecule has 3 rings (SSSR count). The van der Waals surface area contributed by atoms with Crippen LogP contribution in [-0.2, 0) is 30.7 Å². The second kappa shape index (κ2) is 8.98. The number of benzene rings is 1. The molecule has 0 N–H and O–H groups in total. The van der Waals surface area contributed by atoms with Gasteiger partial charge in [0.05, 0.1) is 17.1 Å². The zero-order valence-corrected chi connectivity index (χ0v) is 17.7. The summed E-state index contributed by atoms with van der Waals surface area (Å²) in [6, 6.07) is 4.39. The van der Waals surface area contributed by atoms with Crippen LogP contribution in [0.25, 0.3) is 0 Å². The van der Waals surface area contributed by atoms with Crippen molar-refractivity contribution in [2.75, 3.05) is 26.2 Å². The van der Waals surface area contributed by atoms with Gasteiger partial charge in [-0.15, -0.1) is 0 Å². The highest BCUT2D eigenvalue weighted by atomic mass is 19.4. The molecule has 2 aliphatic rings. The van der Waals surface area contributed by atoms with Gasteiger partial charge in [0.1, 0.15) is 0 Å². The lowest BCUT2D eigenvalue weighted by Gasteiger charge is -2.31. The molecule has 2 atom stereocenters. The zero-order chi connectivity index (χ0) is 22.8. The van der Waals surface area contributed by atoms with Gasteiger partial charge in [-0.1, -0.05) is 18.2 Å². The summed E-state index contributed by atoms with van der Waals surface area (Å²) in [5.41, 5.74) is -2.52. The Labute approximate surface area is 179 Å². The van der Waals surface area contributed by atoms with E-state index in [1.54, 1.807) is 18.7 Å². The fourth-order valence-electron chi connectivity index (χ4n) is 4.39. The Morgan fingerprint density at radius 2 is 2.03 bits per heavy atom. The second-order valence-electron chi connectivity index (χ2n) is 8.02. The van der Waals surface area contributed by atoms with Gasteiger partial charge in [-0.3, -0.25) is 19.3 Å². The van der Waals surface area contributed by atoms with Gasteiger partial charge in [-0.2, -0.15) is 13.2 Å². The zero-order valence-electron chi connectivity index (χ0n) is 17.7. The first kappa shape index (κ1) is 23.2. The van der Waals surface area contributed by atoms with Crippen molar-refractivity contribution in [2.45, 2.75) is 57.2 Å². The molecule has 0 aliphatic carbocycles. The molecule has 31 heavy (non-hydrogen) atoms. The van der Waals surface area contributed by atoms with Crippen LogP contribution in [-0.4, -0.2) is 59.9 Å². The molecule has 170 valence electrons. The number of hydrogen-bond acceptors (Lipinski definition) is 4. The summed E-state index contributed by atoms with van der Waals surface area (Å²) < 4.78 is 45.5. The summed E-state index contributed by atoms with van der Waals surface area (Å²) in [4.78, 5) is 41.5. The van der Waals surface area contributed by atoms with E-state index in [2.05, 4.69) is 0 Å². The third-order valence-corrected chi connectivity index (χ3v) is 6.10. The average molecular weight is 440 g/mol. The number of likely N-dealkylation sites (tertiary alicyclic amines) is 1. The van der Waals surface area contributed by atoms with Gasteiger partial charge in [0, 0.05) is 39.1 Å². The van der Waals surface area contributed by atoms with Crippen molar-refractivity contribution in [2.24, 2.45) is 0 Å². The van der Waals surface area contributed by atoms with Crippen LogP contribution in [0.5, 0.6) is 0 Å². The van der Waals surface area contributed by atoms with Crippen LogP contribution in [0.15, 0.2) is 24.3 Å². The summed E-state index contributed by atoms with van der Waals surface area (Å²) in [5.74, 6) is -1.49. The predicted molar refractivity (Wildman–Crippen MR) is 106 cm³/mol. The number of hydrogen-bond donors (Lipinski definition) is 0. The summed E-state index contributed by atoms with van der Waals surface area (Å²) >= 11 is 0. The molecule has 6 nitrogen and oxygen atoms in total. The van der Waals surface area contributed by atoms with Crippen molar-refractivity contribution in [1.29, 1.82) is 0 Å². The molecule has 3 amide bonds. The SMILES string of the molecule is CCN(C[C@@H]1CCCO1)C(=O)C[C@]1(c2cccc(C(F)(F)F)c2)CC(=O)N(CC)C1=O. The Bertz CT molecular complexity index is 851. The monoisotopic (exact) mass is 440 g/mol. The van der Waals surface area contributed by atoms with Gasteiger partial charge in [-0.25, -0.2) is 0 Å². The summed E-state index contributed by atoms with van der Waals surface area (Å²) in [5, 5.41) is 0. The third kappa shape index (κ3) is 4.61. The van der Waals surface area contributed by atoms with Gasteiger partial charge in [-0.05, 0) is 38.3 Å². The van der Waals surface area contributed by atoms with E-state index < -0.39 is 29.0 Å². The van der Waals surface area contributed by atoms with Crippen molar-refractivity contribution in [3.63, 3.8) is 0 Å². The Kier molecular flexibility index (Phi) is 6.73. The molecule has 2 heterocycles. The quantitative estimate of drug-likeness (QED) is 0.611. The lowest BCUT2D eigenvalue weighted by Crippen LogP contribution is -2.45. The van der Waals surface area contributed by atoms with Crippen LogP contribution in [0.2, 0.25) is 0 Å². The van der Waals surface area contributed by atoms with Crippen LogP contribution >= 0.6 is 0 Å². The number of ether oxygens (including phenoxy) is 1. The number of rotatable bonds is 7. The number of likely N-dealkylation sites (N-methyl/N-ethyl adjacent to an activating group) is 2. The van der Waals surface area contributed by atoms with E-state index in [-0.39, 0.29) is 37.0 Å². The third-order valence-electron chi connectivity index (χ3n) is 6.10. The van der Waals surface area contributed by atoms with E-state index in [1.807, 2.05) is 0 Å². The first-order chi connectivity index (χ1) is 14.6. The molecule has 9 heteroatoms. The average Bonchev–Trinajstić information content (AvgIpc) is 3.32. The minimum Gasteiger partial charge on any atom is -0.376 e. The molecule has 0 saturated carbocycles. The van der Waals surface area contributed by atoms with Gasteiger partial charge in [0.2, 0.25) is 17.7 Å². The first-order valence-corrected chi connectivity index (χ1v) is 10.5. The van der Waals surface area contributed by atoms with E-state index >= 15 is 0 Å². The first-order valence-electron chi connectivity index (χ1n) is 10.5. The molecular weight excluding hydrogens is 413 g/mol. The minimum absolute atomic E-state index is 0.0399. The molecule has 0 spiro atoms. The topological polar surface area (TPSA) is 66.9 Å². The molecule has 0 bridgehead atoms. The number of alkyl halides is 3. The van der Waals surface area contributed by atoms with Crippen molar-refractivity contribution in [3.05, 3.63) is 35.4 Å². The molecule has 1 aromatic rings. The van der Waals surface area contributed by atoms with Crippen LogP contribution in [0.4, 0.5) is 13.2 Å². The summed E-state index contributed by atoms with van der Waals surface area (Å²) in [7, 11) is 0. The number of carbonyl (C=O) groups excluding carboxylic acids is 3. The molecule has 2 fully saturated rings. The predicted octanol–water partition coefficient (Wildman–Crippen LogP) is 3.14. The minimum atomic E-state index is -4.60. The van der Waals surface area contributed by atoms with Gasteiger partial charge in [0.25, 0.3) is 0 Å². The van der Waals surface area contributed by atoms with E-state index in [1.165, 1.54) is 12.1 Å². The van der Waals surface area contributed by atoms with E-state index in [0.717, 1.165) is 29.9 Å². The van der Waals surface area contributed by atoms with Crippen molar-refractivity contribution >= 4 is 17.7 Å². The number of nitrogens with zero attached hydrogens (tertiary/aromatic N) is 2. The fourth-order valence-corrected chi connectivity index (χ4v) is 4.39. The highest BCUT2D eigenvalue weighted by Crippen LogP contribution is 2.42. The Hall–Kier alpha value is -2.42. The summed E-state index contributed by atoms with van der Waals surface area (Å²) in [6.45, 7) is 4.87. The van der Waals surface area contributed by atoms with Crippen molar-refractivity contribution < 1.29 is 32.3 Å². The Morgan fingerprint density at radius 1 is 1.29 bits per heavy atom. The second-order valence-corrected chi connectivity index (χ2v) is 8.02. The maximum absolute atomic E-state index is 13.3. The molecule has 1 aromatic carbocycles.